The number of carbonyl (C=O) groups excluding carboxylic acids is 1. The maximum atomic E-state index is 11.8. The van der Waals surface area contributed by atoms with Crippen molar-refractivity contribution in [1.29, 1.82) is 0 Å². The zero-order valence-electron chi connectivity index (χ0n) is 12.1. The zero-order chi connectivity index (χ0) is 14.9. The molecule has 1 aliphatic rings. The van der Waals surface area contributed by atoms with Gasteiger partial charge in [0.2, 0.25) is 0 Å². The smallest absolute Gasteiger partial charge is 0.408 e. The van der Waals surface area contributed by atoms with Crippen molar-refractivity contribution in [1.82, 2.24) is 5.32 Å². The fraction of sp³-hybridized carbons (Fsp3) is 0.471. The molecule has 2 rings (SSSR count). The molecule has 1 unspecified atom stereocenters. The molecule has 112 valence electrons. The van der Waals surface area contributed by atoms with Crippen LogP contribution in [0.5, 0.6) is 0 Å². The molecule has 4 heteroatoms. The van der Waals surface area contributed by atoms with Gasteiger partial charge in [-0.2, -0.15) is 0 Å². The SMILES string of the molecule is C#CC(CC1CCOCC1)NC(=O)OCc1ccccc1. The number of nitrogens with one attached hydrogen (secondary N) is 1. The van der Waals surface area contributed by atoms with Crippen LogP contribution in [0.3, 0.4) is 0 Å². The monoisotopic (exact) mass is 287 g/mol. The summed E-state index contributed by atoms with van der Waals surface area (Å²) < 4.78 is 10.5. The average molecular weight is 287 g/mol. The Morgan fingerprint density at radius 2 is 2.10 bits per heavy atom. The van der Waals surface area contributed by atoms with Gasteiger partial charge >= 0.3 is 6.09 Å². The van der Waals surface area contributed by atoms with Crippen LogP contribution in [0.25, 0.3) is 0 Å². The fourth-order valence-electron chi connectivity index (χ4n) is 2.39. The van der Waals surface area contributed by atoms with Crippen molar-refractivity contribution < 1.29 is 14.3 Å². The maximum Gasteiger partial charge on any atom is 0.408 e. The van der Waals surface area contributed by atoms with Gasteiger partial charge in [-0.05, 0) is 30.7 Å². The minimum Gasteiger partial charge on any atom is -0.445 e. The number of ether oxygens (including phenoxy) is 2. The third-order valence-corrected chi connectivity index (χ3v) is 3.62. The van der Waals surface area contributed by atoms with Gasteiger partial charge in [0.05, 0.1) is 6.04 Å². The molecule has 1 N–H and O–H groups in total. The predicted octanol–water partition coefficient (Wildman–Crippen LogP) is 2.73. The second-order valence-corrected chi connectivity index (χ2v) is 5.22. The highest BCUT2D eigenvalue weighted by Gasteiger charge is 2.19. The van der Waals surface area contributed by atoms with Crippen molar-refractivity contribution in [3.63, 3.8) is 0 Å². The van der Waals surface area contributed by atoms with Crippen LogP contribution < -0.4 is 5.32 Å². The highest BCUT2D eigenvalue weighted by Crippen LogP contribution is 2.20. The van der Waals surface area contributed by atoms with E-state index in [9.17, 15) is 4.79 Å². The van der Waals surface area contributed by atoms with Crippen LogP contribution in [-0.2, 0) is 16.1 Å². The lowest BCUT2D eigenvalue weighted by atomic mass is 9.93. The Balaban J connectivity index is 1.73. The van der Waals surface area contributed by atoms with Crippen LogP contribution in [0.1, 0.15) is 24.8 Å². The van der Waals surface area contributed by atoms with Gasteiger partial charge in [0.1, 0.15) is 6.61 Å². The first kappa shape index (κ1) is 15.4. The number of hydrogen-bond acceptors (Lipinski definition) is 3. The largest absolute Gasteiger partial charge is 0.445 e. The molecule has 1 amide bonds. The number of alkyl carbamates (subject to hydrolysis) is 1. The first-order chi connectivity index (χ1) is 10.3. The lowest BCUT2D eigenvalue weighted by Gasteiger charge is -2.24. The molecule has 1 fully saturated rings. The Kier molecular flexibility index (Phi) is 6.11. The van der Waals surface area contributed by atoms with Gasteiger partial charge in [-0.3, -0.25) is 0 Å². The molecule has 0 spiro atoms. The van der Waals surface area contributed by atoms with E-state index in [0.717, 1.165) is 38.0 Å². The zero-order valence-corrected chi connectivity index (χ0v) is 12.1. The fourth-order valence-corrected chi connectivity index (χ4v) is 2.39. The molecule has 1 aliphatic heterocycles. The number of carbonyl (C=O) groups is 1. The lowest BCUT2D eigenvalue weighted by molar-refractivity contribution is 0.0619. The number of amides is 1. The van der Waals surface area contributed by atoms with Crippen LogP contribution in [0, 0.1) is 18.3 Å². The first-order valence-corrected chi connectivity index (χ1v) is 7.29. The van der Waals surface area contributed by atoms with E-state index in [1.54, 1.807) is 0 Å². The molecular formula is C17H21NO3. The van der Waals surface area contributed by atoms with Crippen LogP contribution in [-0.4, -0.2) is 25.3 Å². The second kappa shape index (κ2) is 8.33. The van der Waals surface area contributed by atoms with Crippen LogP contribution in [0.15, 0.2) is 30.3 Å². The van der Waals surface area contributed by atoms with E-state index in [4.69, 9.17) is 15.9 Å². The van der Waals surface area contributed by atoms with E-state index in [-0.39, 0.29) is 12.6 Å². The summed E-state index contributed by atoms with van der Waals surface area (Å²) in [6, 6.07) is 9.28. The maximum absolute atomic E-state index is 11.8. The third-order valence-electron chi connectivity index (χ3n) is 3.62. The third kappa shape index (κ3) is 5.49. The molecule has 21 heavy (non-hydrogen) atoms. The number of terminal acetylenes is 1. The number of rotatable bonds is 5. The lowest BCUT2D eigenvalue weighted by Crippen LogP contribution is -2.36. The molecule has 0 aliphatic carbocycles. The van der Waals surface area contributed by atoms with Gasteiger partial charge in [0, 0.05) is 13.2 Å². The summed E-state index contributed by atoms with van der Waals surface area (Å²) in [6.07, 6.45) is 7.81. The molecular weight excluding hydrogens is 266 g/mol. The van der Waals surface area contributed by atoms with Crippen molar-refractivity contribution in [2.24, 2.45) is 5.92 Å². The molecule has 1 heterocycles. The van der Waals surface area contributed by atoms with Crippen molar-refractivity contribution in [3.8, 4) is 12.3 Å². The highest BCUT2D eigenvalue weighted by atomic mass is 16.5. The van der Waals surface area contributed by atoms with E-state index in [2.05, 4.69) is 11.2 Å². The number of hydrogen-bond donors (Lipinski definition) is 1. The van der Waals surface area contributed by atoms with Gasteiger partial charge in [-0.15, -0.1) is 6.42 Å². The summed E-state index contributed by atoms with van der Waals surface area (Å²) in [6.45, 7) is 1.81. The Morgan fingerprint density at radius 3 is 2.76 bits per heavy atom. The highest BCUT2D eigenvalue weighted by molar-refractivity contribution is 5.68. The summed E-state index contributed by atoms with van der Waals surface area (Å²) >= 11 is 0. The first-order valence-electron chi connectivity index (χ1n) is 7.29. The second-order valence-electron chi connectivity index (χ2n) is 5.22. The quantitative estimate of drug-likeness (QED) is 0.847. The summed E-state index contributed by atoms with van der Waals surface area (Å²) in [5, 5.41) is 2.75. The van der Waals surface area contributed by atoms with Crippen LogP contribution in [0.4, 0.5) is 4.79 Å². The summed E-state index contributed by atoms with van der Waals surface area (Å²) in [7, 11) is 0. The minimum absolute atomic E-state index is 0.251. The summed E-state index contributed by atoms with van der Waals surface area (Å²) in [5.74, 6) is 3.13. The normalized spacial score (nSPS) is 16.7. The Bertz CT molecular complexity index is 475. The Morgan fingerprint density at radius 1 is 1.38 bits per heavy atom. The topological polar surface area (TPSA) is 47.6 Å². The van der Waals surface area contributed by atoms with E-state index >= 15 is 0 Å². The van der Waals surface area contributed by atoms with E-state index in [1.807, 2.05) is 30.3 Å². The van der Waals surface area contributed by atoms with E-state index in [1.165, 1.54) is 0 Å². The van der Waals surface area contributed by atoms with Gasteiger partial charge in [0.25, 0.3) is 0 Å². The molecule has 1 atom stereocenters. The van der Waals surface area contributed by atoms with E-state index < -0.39 is 6.09 Å². The van der Waals surface area contributed by atoms with Crippen molar-refractivity contribution >= 4 is 6.09 Å². The van der Waals surface area contributed by atoms with Gasteiger partial charge < -0.3 is 14.8 Å². The van der Waals surface area contributed by atoms with Crippen molar-refractivity contribution in [2.75, 3.05) is 13.2 Å². The Labute approximate surface area is 125 Å². The predicted molar refractivity (Wildman–Crippen MR) is 80.5 cm³/mol. The van der Waals surface area contributed by atoms with Crippen molar-refractivity contribution in [3.05, 3.63) is 35.9 Å². The standard InChI is InChI=1S/C17H21NO3/c1-2-16(12-14-8-10-20-11-9-14)18-17(19)21-13-15-6-4-3-5-7-15/h1,3-7,14,16H,8-13H2,(H,18,19). The minimum atomic E-state index is -0.464. The molecule has 0 aromatic heterocycles. The molecule has 1 saturated heterocycles. The van der Waals surface area contributed by atoms with Crippen LogP contribution >= 0.6 is 0 Å². The summed E-state index contributed by atoms with van der Waals surface area (Å²) in [5.41, 5.74) is 0.953. The van der Waals surface area contributed by atoms with Gasteiger partial charge in [-0.25, -0.2) is 4.79 Å². The Hall–Kier alpha value is -1.99. The molecule has 4 nitrogen and oxygen atoms in total. The van der Waals surface area contributed by atoms with Crippen molar-refractivity contribution in [2.45, 2.75) is 31.9 Å². The summed E-state index contributed by atoms with van der Waals surface area (Å²) in [4.78, 5) is 11.8. The number of benzene rings is 1. The molecule has 0 saturated carbocycles. The average Bonchev–Trinajstić information content (AvgIpc) is 2.54. The van der Waals surface area contributed by atoms with Crippen LogP contribution in [0.2, 0.25) is 0 Å². The molecule has 0 radical (unpaired) electrons. The van der Waals surface area contributed by atoms with Gasteiger partial charge in [-0.1, -0.05) is 36.3 Å². The molecule has 1 aromatic rings. The van der Waals surface area contributed by atoms with Gasteiger partial charge in [0.15, 0.2) is 0 Å². The molecule has 1 aromatic carbocycles. The van der Waals surface area contributed by atoms with E-state index in [0.29, 0.717) is 5.92 Å². The molecule has 0 bridgehead atoms.